The highest BCUT2D eigenvalue weighted by Gasteiger charge is 2.38. The van der Waals surface area contributed by atoms with Crippen molar-refractivity contribution in [1.82, 2.24) is 15.1 Å². The zero-order valence-corrected chi connectivity index (χ0v) is 19.3. The molecule has 0 radical (unpaired) electrons. The maximum absolute atomic E-state index is 13.3. The van der Waals surface area contributed by atoms with Gasteiger partial charge in [0, 0.05) is 25.2 Å². The molecule has 0 aliphatic carbocycles. The summed E-state index contributed by atoms with van der Waals surface area (Å²) in [6.45, 7) is 5.31. The standard InChI is InChI=1S/C24H33N5O3/c1-4-5-13-24(2)21-17(16-32-24)9-7-6-8-10-18(26-21)22(30)27-19-12-15-29-20(11-14-25-29)28(3)23(19)31/h7,9,11,14,19H,4-6,8,10,12-13,15-16H2,1-3H3,(H,27,30)/t19-,24?/m0/s1. The Labute approximate surface area is 189 Å². The molecule has 2 atom stereocenters. The lowest BCUT2D eigenvalue weighted by Gasteiger charge is -2.26. The van der Waals surface area contributed by atoms with Crippen molar-refractivity contribution in [2.75, 3.05) is 18.6 Å². The summed E-state index contributed by atoms with van der Waals surface area (Å²) in [4.78, 5) is 32.8. The third kappa shape index (κ3) is 4.41. The van der Waals surface area contributed by atoms with Gasteiger partial charge < -0.3 is 10.1 Å². The van der Waals surface area contributed by atoms with Crippen molar-refractivity contribution in [2.24, 2.45) is 4.99 Å². The number of hydrogen-bond acceptors (Lipinski definition) is 5. The number of amides is 2. The van der Waals surface area contributed by atoms with Crippen LogP contribution < -0.4 is 10.2 Å². The Bertz CT molecular complexity index is 976. The number of ether oxygens (including phenoxy) is 1. The zero-order chi connectivity index (χ0) is 22.7. The molecule has 3 aliphatic rings. The van der Waals surface area contributed by atoms with Gasteiger partial charge in [-0.05, 0) is 39.0 Å². The van der Waals surface area contributed by atoms with Crippen molar-refractivity contribution < 1.29 is 14.3 Å². The molecule has 0 saturated carbocycles. The van der Waals surface area contributed by atoms with Crippen molar-refractivity contribution in [2.45, 2.75) is 77.0 Å². The number of carbonyl (C=O) groups excluding carboxylic acids is 2. The van der Waals surface area contributed by atoms with Gasteiger partial charge in [-0.2, -0.15) is 5.10 Å². The number of fused-ring (bicyclic) bond motifs is 1. The van der Waals surface area contributed by atoms with Crippen LogP contribution in [-0.4, -0.2) is 52.6 Å². The Morgan fingerprint density at radius 2 is 2.25 bits per heavy atom. The topological polar surface area (TPSA) is 88.8 Å². The maximum Gasteiger partial charge on any atom is 0.266 e. The van der Waals surface area contributed by atoms with Gasteiger partial charge in [0.25, 0.3) is 11.8 Å². The molecule has 2 amide bonds. The molecule has 0 saturated heterocycles. The Balaban J connectivity index is 1.57. The van der Waals surface area contributed by atoms with Crippen LogP contribution in [0.15, 0.2) is 40.7 Å². The number of unbranched alkanes of at least 4 members (excludes halogenated alkanes) is 1. The molecule has 8 nitrogen and oxygen atoms in total. The van der Waals surface area contributed by atoms with Crippen LogP contribution in [0.5, 0.6) is 0 Å². The first-order valence-electron chi connectivity index (χ1n) is 11.6. The smallest absolute Gasteiger partial charge is 0.266 e. The number of nitrogens with one attached hydrogen (secondary N) is 1. The number of likely N-dealkylation sites (N-methyl/N-ethyl adjacent to an activating group) is 1. The van der Waals surface area contributed by atoms with Crippen LogP contribution in [0.2, 0.25) is 0 Å². The van der Waals surface area contributed by atoms with E-state index >= 15 is 0 Å². The molecule has 8 heteroatoms. The minimum atomic E-state index is -0.609. The van der Waals surface area contributed by atoms with E-state index in [9.17, 15) is 9.59 Å². The molecule has 0 aromatic carbocycles. The molecule has 0 spiro atoms. The predicted octanol–water partition coefficient (Wildman–Crippen LogP) is 3.15. The molecule has 1 N–H and O–H groups in total. The summed E-state index contributed by atoms with van der Waals surface area (Å²) in [5, 5.41) is 7.24. The Kier molecular flexibility index (Phi) is 6.60. The van der Waals surface area contributed by atoms with Crippen LogP contribution in [0, 0.1) is 0 Å². The summed E-state index contributed by atoms with van der Waals surface area (Å²) in [5.41, 5.74) is 1.90. The number of allylic oxidation sites excluding steroid dienone is 1. The number of anilines is 1. The van der Waals surface area contributed by atoms with E-state index in [1.54, 1.807) is 22.8 Å². The summed E-state index contributed by atoms with van der Waals surface area (Å²) in [5.74, 6) is 0.330. The fourth-order valence-electron chi connectivity index (χ4n) is 4.58. The normalized spacial score (nSPS) is 26.0. The van der Waals surface area contributed by atoms with Crippen LogP contribution in [0.3, 0.4) is 0 Å². The van der Waals surface area contributed by atoms with Crippen LogP contribution >= 0.6 is 0 Å². The van der Waals surface area contributed by atoms with Gasteiger partial charge in [0.15, 0.2) is 0 Å². The molecule has 0 bridgehead atoms. The molecule has 1 aromatic heterocycles. The number of aliphatic imine (C=N–C) groups is 1. The summed E-state index contributed by atoms with van der Waals surface area (Å²) >= 11 is 0. The van der Waals surface area contributed by atoms with E-state index in [2.05, 4.69) is 36.4 Å². The lowest BCUT2D eigenvalue weighted by molar-refractivity contribution is -0.124. The largest absolute Gasteiger partial charge is 0.364 e. The van der Waals surface area contributed by atoms with Gasteiger partial charge in [0.1, 0.15) is 23.2 Å². The fourth-order valence-corrected chi connectivity index (χ4v) is 4.58. The molecule has 4 rings (SSSR count). The van der Waals surface area contributed by atoms with Gasteiger partial charge in [-0.3, -0.25) is 14.5 Å². The molecule has 0 fully saturated rings. The Morgan fingerprint density at radius 3 is 3.06 bits per heavy atom. The van der Waals surface area contributed by atoms with Crippen LogP contribution in [-0.2, 0) is 20.9 Å². The second-order valence-electron chi connectivity index (χ2n) is 8.97. The summed E-state index contributed by atoms with van der Waals surface area (Å²) in [6.07, 6.45) is 11.7. The number of aryl methyl sites for hydroxylation is 1. The van der Waals surface area contributed by atoms with Crippen LogP contribution in [0.25, 0.3) is 0 Å². The van der Waals surface area contributed by atoms with Crippen molar-refractivity contribution >= 4 is 23.3 Å². The first-order chi connectivity index (χ1) is 15.4. The van der Waals surface area contributed by atoms with Crippen molar-refractivity contribution in [3.05, 3.63) is 35.7 Å². The van der Waals surface area contributed by atoms with Gasteiger partial charge in [-0.1, -0.05) is 31.9 Å². The number of nitrogens with zero attached hydrogens (tertiary/aromatic N) is 4. The minimum absolute atomic E-state index is 0.139. The molecule has 3 aliphatic heterocycles. The average molecular weight is 440 g/mol. The molecule has 172 valence electrons. The predicted molar refractivity (Wildman–Crippen MR) is 124 cm³/mol. The lowest BCUT2D eigenvalue weighted by atomic mass is 9.94. The second-order valence-corrected chi connectivity index (χ2v) is 8.97. The van der Waals surface area contributed by atoms with Crippen LogP contribution in [0.1, 0.15) is 58.8 Å². The number of aromatic nitrogens is 2. The molecule has 1 unspecified atom stereocenters. The van der Waals surface area contributed by atoms with E-state index in [1.807, 2.05) is 6.07 Å². The van der Waals surface area contributed by atoms with Crippen molar-refractivity contribution in [1.29, 1.82) is 0 Å². The molecular weight excluding hydrogens is 406 g/mol. The highest BCUT2D eigenvalue weighted by atomic mass is 16.5. The highest BCUT2D eigenvalue weighted by molar-refractivity contribution is 6.39. The zero-order valence-electron chi connectivity index (χ0n) is 19.3. The molecule has 32 heavy (non-hydrogen) atoms. The Hall–Kier alpha value is -2.74. The lowest BCUT2D eigenvalue weighted by Crippen LogP contribution is -2.48. The van der Waals surface area contributed by atoms with Gasteiger partial charge in [-0.25, -0.2) is 9.67 Å². The quantitative estimate of drug-likeness (QED) is 0.763. The van der Waals surface area contributed by atoms with E-state index in [0.717, 1.165) is 49.2 Å². The number of rotatable bonds is 5. The number of carbonyl (C=O) groups is 2. The van der Waals surface area contributed by atoms with Gasteiger partial charge in [-0.15, -0.1) is 0 Å². The molecule has 1 aromatic rings. The minimum Gasteiger partial charge on any atom is -0.364 e. The molecule has 4 heterocycles. The van der Waals surface area contributed by atoms with Gasteiger partial charge >= 0.3 is 0 Å². The second kappa shape index (κ2) is 9.40. The Morgan fingerprint density at radius 1 is 1.41 bits per heavy atom. The fraction of sp³-hybridized carbons (Fsp3) is 0.583. The van der Waals surface area contributed by atoms with Gasteiger partial charge in [0.05, 0.1) is 18.5 Å². The number of hydrogen-bond donors (Lipinski definition) is 1. The van der Waals surface area contributed by atoms with E-state index in [0.29, 0.717) is 31.7 Å². The average Bonchev–Trinajstić information content (AvgIpc) is 3.37. The van der Waals surface area contributed by atoms with E-state index in [1.165, 1.54) is 0 Å². The van der Waals surface area contributed by atoms with E-state index in [4.69, 9.17) is 9.73 Å². The summed E-state index contributed by atoms with van der Waals surface area (Å²) in [7, 11) is 1.72. The summed E-state index contributed by atoms with van der Waals surface area (Å²) < 4.78 is 7.95. The van der Waals surface area contributed by atoms with Crippen LogP contribution in [0.4, 0.5) is 5.82 Å². The SMILES string of the molecule is CCCCC1(C)OCC2=C1N=C(C(=O)N[C@H]1CCn3nccc3N(C)C1=O)CCCC=C2. The van der Waals surface area contributed by atoms with Gasteiger partial charge in [0.2, 0.25) is 0 Å². The van der Waals surface area contributed by atoms with Crippen molar-refractivity contribution in [3.63, 3.8) is 0 Å². The first kappa shape index (κ1) is 22.5. The monoisotopic (exact) mass is 439 g/mol. The highest BCUT2D eigenvalue weighted by Crippen LogP contribution is 2.38. The molecular formula is C24H33N5O3. The third-order valence-corrected chi connectivity index (χ3v) is 6.57. The first-order valence-corrected chi connectivity index (χ1v) is 11.6. The third-order valence-electron chi connectivity index (χ3n) is 6.57. The maximum atomic E-state index is 13.3. The van der Waals surface area contributed by atoms with E-state index < -0.39 is 11.6 Å². The summed E-state index contributed by atoms with van der Waals surface area (Å²) in [6, 6.07) is 1.20. The van der Waals surface area contributed by atoms with Crippen molar-refractivity contribution in [3.8, 4) is 0 Å². The van der Waals surface area contributed by atoms with E-state index in [-0.39, 0.29) is 11.8 Å².